The van der Waals surface area contributed by atoms with Crippen LogP contribution in [-0.2, 0) is 13.6 Å². The molecule has 0 aromatic carbocycles. The molecule has 0 fully saturated rings. The van der Waals surface area contributed by atoms with Crippen molar-refractivity contribution < 1.29 is 18.5 Å². The molecule has 0 heterocycles. The number of rotatable bonds is 5. The highest BCUT2D eigenvalue weighted by molar-refractivity contribution is 7.45. The van der Waals surface area contributed by atoms with Crippen LogP contribution in [-0.4, -0.2) is 19.3 Å². The van der Waals surface area contributed by atoms with Crippen LogP contribution >= 0.6 is 7.82 Å². The molecule has 6 heteroatoms. The SMILES string of the molecule is CCOP(=O)([O-])OC(C)CN. The molecule has 0 saturated carbocycles. The Hall–Kier alpha value is 0.0700. The van der Waals surface area contributed by atoms with E-state index in [1.54, 1.807) is 13.8 Å². The van der Waals surface area contributed by atoms with E-state index in [0.717, 1.165) is 0 Å². The molecule has 0 aromatic heterocycles. The van der Waals surface area contributed by atoms with Crippen LogP contribution in [0.1, 0.15) is 13.8 Å². The van der Waals surface area contributed by atoms with E-state index in [0.29, 0.717) is 0 Å². The van der Waals surface area contributed by atoms with Gasteiger partial charge in [-0.3, -0.25) is 4.57 Å². The molecule has 2 unspecified atom stereocenters. The smallest absolute Gasteiger partial charge is 0.268 e. The van der Waals surface area contributed by atoms with E-state index in [2.05, 4.69) is 9.05 Å². The molecule has 0 saturated heterocycles. The summed E-state index contributed by atoms with van der Waals surface area (Å²) in [7, 11) is -4.10. The summed E-state index contributed by atoms with van der Waals surface area (Å²) in [6.07, 6.45) is -0.523. The molecule has 2 N–H and O–H groups in total. The van der Waals surface area contributed by atoms with E-state index >= 15 is 0 Å². The summed E-state index contributed by atoms with van der Waals surface area (Å²) in [5.74, 6) is 0. The lowest BCUT2D eigenvalue weighted by Gasteiger charge is -2.24. The van der Waals surface area contributed by atoms with Crippen molar-refractivity contribution in [3.05, 3.63) is 0 Å². The van der Waals surface area contributed by atoms with Crippen molar-refractivity contribution in [2.45, 2.75) is 20.0 Å². The topological polar surface area (TPSA) is 84.6 Å². The van der Waals surface area contributed by atoms with Crippen LogP contribution in [0.15, 0.2) is 0 Å². The lowest BCUT2D eigenvalue weighted by Crippen LogP contribution is -2.22. The summed E-state index contributed by atoms with van der Waals surface area (Å²) in [5.41, 5.74) is 5.13. The summed E-state index contributed by atoms with van der Waals surface area (Å²) in [4.78, 5) is 10.7. The Labute approximate surface area is 66.1 Å². The number of phosphoric acid groups is 1. The largest absolute Gasteiger partial charge is 0.756 e. The molecule has 2 atom stereocenters. The van der Waals surface area contributed by atoms with E-state index in [1.807, 2.05) is 0 Å². The van der Waals surface area contributed by atoms with Crippen molar-refractivity contribution in [3.63, 3.8) is 0 Å². The summed E-state index contributed by atoms with van der Waals surface area (Å²) >= 11 is 0. The Morgan fingerprint density at radius 3 is 2.64 bits per heavy atom. The summed E-state index contributed by atoms with van der Waals surface area (Å²) < 4.78 is 19.5. The maximum Gasteiger partial charge on any atom is 0.268 e. The minimum Gasteiger partial charge on any atom is -0.756 e. The fourth-order valence-electron chi connectivity index (χ4n) is 0.452. The Balaban J connectivity index is 3.81. The summed E-state index contributed by atoms with van der Waals surface area (Å²) in [6, 6.07) is 0. The third-order valence-corrected chi connectivity index (χ3v) is 2.12. The first-order valence-electron chi connectivity index (χ1n) is 3.36. The number of hydrogen-bond acceptors (Lipinski definition) is 5. The van der Waals surface area contributed by atoms with Crippen LogP contribution in [0.25, 0.3) is 0 Å². The van der Waals surface area contributed by atoms with Crippen molar-refractivity contribution in [1.82, 2.24) is 0 Å². The zero-order valence-electron chi connectivity index (χ0n) is 6.65. The standard InChI is InChI=1S/C5H14NO4P/c1-3-9-11(7,8)10-5(2)4-6/h5H,3-4,6H2,1-2H3,(H,7,8)/p-1. The first-order chi connectivity index (χ1) is 5.02. The van der Waals surface area contributed by atoms with Gasteiger partial charge in [0.2, 0.25) is 0 Å². The van der Waals surface area contributed by atoms with Crippen LogP contribution in [0.3, 0.4) is 0 Å². The van der Waals surface area contributed by atoms with Gasteiger partial charge in [0, 0.05) is 6.54 Å². The highest BCUT2D eigenvalue weighted by Crippen LogP contribution is 2.39. The van der Waals surface area contributed by atoms with Crippen molar-refractivity contribution in [3.8, 4) is 0 Å². The first-order valence-corrected chi connectivity index (χ1v) is 4.82. The zero-order chi connectivity index (χ0) is 8.91. The highest BCUT2D eigenvalue weighted by Gasteiger charge is 2.11. The second-order valence-electron chi connectivity index (χ2n) is 2.02. The maximum absolute atomic E-state index is 10.7. The van der Waals surface area contributed by atoms with E-state index in [4.69, 9.17) is 5.73 Å². The van der Waals surface area contributed by atoms with Gasteiger partial charge in [-0.1, -0.05) is 0 Å². The molecule has 0 aliphatic carbocycles. The van der Waals surface area contributed by atoms with Crippen LogP contribution in [0.2, 0.25) is 0 Å². The van der Waals surface area contributed by atoms with Crippen LogP contribution < -0.4 is 10.6 Å². The third-order valence-electron chi connectivity index (χ3n) is 0.928. The summed E-state index contributed by atoms with van der Waals surface area (Å²) in [6.45, 7) is 3.36. The molecule has 0 amide bonds. The monoisotopic (exact) mass is 182 g/mol. The lowest BCUT2D eigenvalue weighted by molar-refractivity contribution is -0.228. The minimum atomic E-state index is -4.10. The Morgan fingerprint density at radius 2 is 2.27 bits per heavy atom. The normalized spacial score (nSPS) is 19.3. The maximum atomic E-state index is 10.7. The zero-order valence-corrected chi connectivity index (χ0v) is 7.54. The average Bonchev–Trinajstić information content (AvgIpc) is 1.86. The van der Waals surface area contributed by atoms with Gasteiger partial charge in [0.05, 0.1) is 12.7 Å². The van der Waals surface area contributed by atoms with E-state index < -0.39 is 13.9 Å². The van der Waals surface area contributed by atoms with Gasteiger partial charge in [0.1, 0.15) is 0 Å². The van der Waals surface area contributed by atoms with Crippen molar-refractivity contribution >= 4 is 7.82 Å². The molecule has 0 bridgehead atoms. The van der Waals surface area contributed by atoms with E-state index in [-0.39, 0.29) is 13.2 Å². The Bertz CT molecular complexity index is 151. The molecule has 11 heavy (non-hydrogen) atoms. The number of phosphoric ester groups is 1. The molecular weight excluding hydrogens is 169 g/mol. The van der Waals surface area contributed by atoms with Crippen LogP contribution in [0.5, 0.6) is 0 Å². The molecule has 5 nitrogen and oxygen atoms in total. The average molecular weight is 182 g/mol. The quantitative estimate of drug-likeness (QED) is 0.598. The van der Waals surface area contributed by atoms with Gasteiger partial charge >= 0.3 is 0 Å². The number of hydrogen-bond donors (Lipinski definition) is 1. The van der Waals surface area contributed by atoms with Gasteiger partial charge in [-0.2, -0.15) is 0 Å². The van der Waals surface area contributed by atoms with Gasteiger partial charge in [-0.25, -0.2) is 0 Å². The molecule has 0 aliphatic heterocycles. The van der Waals surface area contributed by atoms with Gasteiger partial charge in [0.15, 0.2) is 0 Å². The molecule has 0 aromatic rings. The molecule has 0 rings (SSSR count). The van der Waals surface area contributed by atoms with Gasteiger partial charge < -0.3 is 19.7 Å². The van der Waals surface area contributed by atoms with Crippen molar-refractivity contribution in [2.24, 2.45) is 5.73 Å². The van der Waals surface area contributed by atoms with Crippen LogP contribution in [0.4, 0.5) is 0 Å². The van der Waals surface area contributed by atoms with Crippen LogP contribution in [0, 0.1) is 0 Å². The molecule has 0 spiro atoms. The molecular formula is C5H13NO4P-. The Morgan fingerprint density at radius 1 is 1.73 bits per heavy atom. The number of nitrogens with two attached hydrogens (primary N) is 1. The van der Waals surface area contributed by atoms with Crippen molar-refractivity contribution in [2.75, 3.05) is 13.2 Å². The minimum absolute atomic E-state index is 0.0814. The molecule has 0 aliphatic rings. The van der Waals surface area contributed by atoms with Gasteiger partial charge in [-0.15, -0.1) is 0 Å². The van der Waals surface area contributed by atoms with Gasteiger partial charge in [-0.05, 0) is 13.8 Å². The molecule has 68 valence electrons. The predicted molar refractivity (Wildman–Crippen MR) is 38.8 cm³/mol. The highest BCUT2D eigenvalue weighted by atomic mass is 31.2. The van der Waals surface area contributed by atoms with E-state index in [9.17, 15) is 9.46 Å². The fourth-order valence-corrected chi connectivity index (χ4v) is 1.36. The summed E-state index contributed by atoms with van der Waals surface area (Å²) in [5, 5.41) is 0. The second kappa shape index (κ2) is 4.85. The lowest BCUT2D eigenvalue weighted by atomic mass is 10.4. The molecule has 0 radical (unpaired) electrons. The predicted octanol–water partition coefficient (Wildman–Crippen LogP) is -0.145. The van der Waals surface area contributed by atoms with Gasteiger partial charge in [0.25, 0.3) is 7.82 Å². The van der Waals surface area contributed by atoms with Crippen molar-refractivity contribution in [1.29, 1.82) is 0 Å². The first kappa shape index (κ1) is 11.1. The fraction of sp³-hybridized carbons (Fsp3) is 1.00. The second-order valence-corrected chi connectivity index (χ2v) is 3.38. The van der Waals surface area contributed by atoms with E-state index in [1.165, 1.54) is 0 Å². The third kappa shape index (κ3) is 5.35. The Kier molecular flexibility index (Phi) is 4.88.